The van der Waals surface area contributed by atoms with Gasteiger partial charge in [-0.25, -0.2) is 0 Å². The molecule has 3 nitrogen and oxygen atoms in total. The molecule has 0 aromatic carbocycles. The normalized spacial score (nSPS) is 2.80. The van der Waals surface area contributed by atoms with Gasteiger partial charge in [-0.3, -0.25) is 8.92 Å². The predicted octanol–water partition coefficient (Wildman–Crippen LogP) is -0.737. The summed E-state index contributed by atoms with van der Waals surface area (Å²) in [5.41, 5.74) is 0. The van der Waals surface area contributed by atoms with Crippen LogP contribution < -0.4 is 0 Å². The molecule has 0 atom stereocenters. The van der Waals surface area contributed by atoms with E-state index in [2.05, 4.69) is 0 Å². The van der Waals surface area contributed by atoms with Crippen molar-refractivity contribution < 1.29 is 49.3 Å². The minimum atomic E-state index is -1.42. The molecule has 0 unspecified atom stereocenters. The van der Waals surface area contributed by atoms with Crippen molar-refractivity contribution in [2.75, 3.05) is 0 Å². The third-order valence-electron chi connectivity index (χ3n) is 0. The molecule has 0 N–H and O–H groups in total. The van der Waals surface area contributed by atoms with Crippen molar-refractivity contribution in [3.8, 4) is 0 Å². The molecule has 0 fully saturated rings. The molecular formula is O3PrSi. The predicted molar refractivity (Wildman–Crippen MR) is 7.81 cm³/mol. The van der Waals surface area contributed by atoms with Crippen LogP contribution >= 0.6 is 0 Å². The molecule has 0 aliphatic rings. The summed E-state index contributed by atoms with van der Waals surface area (Å²) in [6, 6.07) is 0. The third-order valence-corrected chi connectivity index (χ3v) is 0. The van der Waals surface area contributed by atoms with Crippen molar-refractivity contribution in [2.24, 2.45) is 0 Å². The molecule has 5 heteroatoms. The van der Waals surface area contributed by atoms with Crippen LogP contribution in [-0.4, -0.2) is 9.29 Å². The molecule has 0 rings (SSSR count). The summed E-state index contributed by atoms with van der Waals surface area (Å²) in [6.45, 7) is 0. The first kappa shape index (κ1) is 9.36. The molecule has 0 bridgehead atoms. The van der Waals surface area contributed by atoms with E-state index in [1.54, 1.807) is 0 Å². The van der Waals surface area contributed by atoms with Gasteiger partial charge in [-0.1, -0.05) is 0 Å². The van der Waals surface area contributed by atoms with Crippen LogP contribution in [0.5, 0.6) is 0 Å². The average molecular weight is 217 g/mol. The van der Waals surface area contributed by atoms with Crippen LogP contribution in [0.25, 0.3) is 0 Å². The Morgan fingerprint density at radius 3 is 1.20 bits per heavy atom. The van der Waals surface area contributed by atoms with E-state index in [1.165, 1.54) is 0 Å². The summed E-state index contributed by atoms with van der Waals surface area (Å²) in [4.78, 5) is 0. The van der Waals surface area contributed by atoms with Gasteiger partial charge in [0.05, 0.1) is 0 Å². The summed E-state index contributed by atoms with van der Waals surface area (Å²) in [6.07, 6.45) is 0. The van der Waals surface area contributed by atoms with Gasteiger partial charge in [-0.15, -0.1) is 0 Å². The van der Waals surface area contributed by atoms with Crippen LogP contribution in [0.4, 0.5) is 0 Å². The second-order valence-electron chi connectivity index (χ2n) is 0.0833. The molecule has 0 aromatic rings. The van der Waals surface area contributed by atoms with Gasteiger partial charge in [0.1, 0.15) is 0 Å². The van der Waals surface area contributed by atoms with Gasteiger partial charge in [0.2, 0.25) is 0 Å². The zero-order chi connectivity index (χ0) is 4.71. The zero-order valence-corrected chi connectivity index (χ0v) is 7.01. The average Bonchev–Trinajstić information content (AvgIpc) is 1.46. The van der Waals surface area contributed by atoms with Crippen molar-refractivity contribution in [3.63, 3.8) is 0 Å². The van der Waals surface area contributed by atoms with Gasteiger partial charge in [-0.05, 0) is 0 Å². The van der Waals surface area contributed by atoms with E-state index in [0.717, 1.165) is 0 Å². The molecule has 0 aliphatic carbocycles. The first-order valence-electron chi connectivity index (χ1n) is 0.644. The Labute approximate surface area is 57.9 Å². The first-order chi connectivity index (χ1) is 2.41. The maximum absolute atomic E-state index is 8.42. The molecule has 25 valence electrons. The Kier molecular flexibility index (Phi) is 37.7. The van der Waals surface area contributed by atoms with Gasteiger partial charge < -0.3 is 0 Å². The molecule has 0 radical (unpaired) electrons. The fourth-order valence-corrected chi connectivity index (χ4v) is 0. The SMILES string of the molecule is O=[Si]=O.[O]=[Pr]. The standard InChI is InChI=1S/O2Si.O.Pr/c1-3-2;;. The van der Waals surface area contributed by atoms with Crippen molar-refractivity contribution in [1.82, 2.24) is 0 Å². The number of rotatable bonds is 0. The molecule has 0 aromatic heterocycles. The van der Waals surface area contributed by atoms with Gasteiger partial charge >= 0.3 is 49.6 Å². The summed E-state index contributed by atoms with van der Waals surface area (Å²) >= 11 is -0.0833. The van der Waals surface area contributed by atoms with E-state index in [-0.39, 0.29) is 39.3 Å². The van der Waals surface area contributed by atoms with Crippen molar-refractivity contribution in [1.29, 1.82) is 0 Å². The van der Waals surface area contributed by atoms with E-state index >= 15 is 0 Å². The van der Waals surface area contributed by atoms with Gasteiger partial charge in [-0.2, -0.15) is 0 Å². The molecule has 0 saturated carbocycles. The number of hydrogen-bond acceptors (Lipinski definition) is 3. The summed E-state index contributed by atoms with van der Waals surface area (Å²) in [5.74, 6) is 0. The molecule has 0 spiro atoms. The second kappa shape index (κ2) is 20.1. The van der Waals surface area contributed by atoms with Gasteiger partial charge in [0.15, 0.2) is 0 Å². The van der Waals surface area contributed by atoms with Crippen molar-refractivity contribution >= 4 is 9.29 Å². The fraction of sp³-hybridized carbons (Fsp3) is 0. The third kappa shape index (κ3) is 46.0. The van der Waals surface area contributed by atoms with Crippen LogP contribution in [0.2, 0.25) is 0 Å². The minimum absolute atomic E-state index is 0.0833. The second-order valence-corrected chi connectivity index (χ2v) is 0.250. The van der Waals surface area contributed by atoms with E-state index in [1.807, 2.05) is 0 Å². The molecule has 0 heterocycles. The maximum atomic E-state index is 8.42. The van der Waals surface area contributed by atoms with Crippen LogP contribution in [0.1, 0.15) is 0 Å². The Balaban J connectivity index is 0. The summed E-state index contributed by atoms with van der Waals surface area (Å²) < 4.78 is 25.2. The molecule has 0 amide bonds. The van der Waals surface area contributed by atoms with E-state index in [0.29, 0.717) is 0 Å². The monoisotopic (exact) mass is 217 g/mol. The Morgan fingerprint density at radius 1 is 1.20 bits per heavy atom. The Bertz CT molecular complexity index is 36.2. The fourth-order valence-electron chi connectivity index (χ4n) is 0. The quantitative estimate of drug-likeness (QED) is 0.502. The molecule has 0 aliphatic heterocycles. The van der Waals surface area contributed by atoms with Crippen LogP contribution in [0, 0.1) is 39.3 Å². The van der Waals surface area contributed by atoms with Gasteiger partial charge in [0, 0.05) is 0 Å². The zero-order valence-electron chi connectivity index (χ0n) is 2.30. The first-order valence-corrected chi connectivity index (χ1v) is 2.97. The van der Waals surface area contributed by atoms with E-state index in [4.69, 9.17) is 9.92 Å². The summed E-state index contributed by atoms with van der Waals surface area (Å²) in [5, 5.41) is 0. The van der Waals surface area contributed by atoms with E-state index in [9.17, 15) is 0 Å². The molecule has 5 heavy (non-hydrogen) atoms. The van der Waals surface area contributed by atoms with Crippen LogP contribution in [0.3, 0.4) is 0 Å². The van der Waals surface area contributed by atoms with Crippen LogP contribution in [0.15, 0.2) is 0 Å². The number of hydrogen-bond donors (Lipinski definition) is 0. The van der Waals surface area contributed by atoms with Crippen molar-refractivity contribution in [3.05, 3.63) is 0 Å². The Hall–Kier alpha value is 0.981. The Morgan fingerprint density at radius 2 is 1.20 bits per heavy atom. The van der Waals surface area contributed by atoms with E-state index < -0.39 is 9.29 Å². The summed E-state index contributed by atoms with van der Waals surface area (Å²) in [7, 11) is -1.42. The topological polar surface area (TPSA) is 51.2 Å². The van der Waals surface area contributed by atoms with Gasteiger partial charge in [0.25, 0.3) is 0 Å². The molecular weight excluding hydrogens is 217 g/mol. The van der Waals surface area contributed by atoms with Crippen LogP contribution in [-0.2, 0) is 9.92 Å². The molecule has 0 saturated heterocycles. The van der Waals surface area contributed by atoms with Crippen molar-refractivity contribution in [2.45, 2.75) is 0 Å².